The Kier molecular flexibility index (Phi) is 6.52. The first-order chi connectivity index (χ1) is 12.3. The maximum atomic E-state index is 12.4. The average Bonchev–Trinajstić information content (AvgIpc) is 2.61. The number of esters is 1. The number of carbonyl (C=O) groups excluding carboxylic acids is 2. The Bertz CT molecular complexity index is 850. The standard InChI is InChI=1S/C19H21NO5S/c1-12-9-10-16(24-3)15(11-12)20-18(21)13(2)25-19(22)14-7-5-6-8-17(14)26(4)23/h5-11,13H,1-4H3,(H,20,21)/t13-,26-/m0/s1. The van der Waals surface area contributed by atoms with Crippen molar-refractivity contribution in [2.24, 2.45) is 0 Å². The quantitative estimate of drug-likeness (QED) is 0.785. The molecule has 26 heavy (non-hydrogen) atoms. The number of hydrogen-bond acceptors (Lipinski definition) is 5. The van der Waals surface area contributed by atoms with Crippen LogP contribution in [-0.2, 0) is 20.3 Å². The van der Waals surface area contributed by atoms with Gasteiger partial charge in [-0.1, -0.05) is 18.2 Å². The van der Waals surface area contributed by atoms with Crippen molar-refractivity contribution in [2.75, 3.05) is 18.7 Å². The number of ether oxygens (including phenoxy) is 2. The first-order valence-corrected chi connectivity index (χ1v) is 9.48. The van der Waals surface area contributed by atoms with Gasteiger partial charge in [0.15, 0.2) is 6.10 Å². The van der Waals surface area contributed by atoms with Crippen molar-refractivity contribution >= 4 is 28.4 Å². The molecule has 0 radical (unpaired) electrons. The molecule has 138 valence electrons. The van der Waals surface area contributed by atoms with Gasteiger partial charge in [-0.15, -0.1) is 0 Å². The van der Waals surface area contributed by atoms with Gasteiger partial charge < -0.3 is 14.8 Å². The summed E-state index contributed by atoms with van der Waals surface area (Å²) in [5.41, 5.74) is 1.63. The molecule has 2 aromatic rings. The third-order valence-corrected chi connectivity index (χ3v) is 4.66. The molecule has 2 rings (SSSR count). The fraction of sp³-hybridized carbons (Fsp3) is 0.263. The zero-order chi connectivity index (χ0) is 19.3. The predicted octanol–water partition coefficient (Wildman–Crippen LogP) is 2.93. The number of rotatable bonds is 6. The molecule has 2 aromatic carbocycles. The minimum atomic E-state index is -1.34. The fourth-order valence-electron chi connectivity index (χ4n) is 2.32. The van der Waals surface area contributed by atoms with E-state index in [1.54, 1.807) is 30.3 Å². The van der Waals surface area contributed by atoms with Crippen LogP contribution >= 0.6 is 0 Å². The molecular formula is C19H21NO5S. The Morgan fingerprint density at radius 1 is 1.15 bits per heavy atom. The van der Waals surface area contributed by atoms with Crippen LogP contribution in [0.2, 0.25) is 0 Å². The summed E-state index contributed by atoms with van der Waals surface area (Å²) in [5.74, 6) is -0.679. The first kappa shape index (κ1) is 19.7. The van der Waals surface area contributed by atoms with E-state index in [4.69, 9.17) is 9.47 Å². The van der Waals surface area contributed by atoms with Gasteiger partial charge in [0.25, 0.3) is 5.91 Å². The molecule has 0 aliphatic rings. The van der Waals surface area contributed by atoms with Crippen LogP contribution in [0.25, 0.3) is 0 Å². The van der Waals surface area contributed by atoms with Gasteiger partial charge >= 0.3 is 5.97 Å². The maximum absolute atomic E-state index is 12.4. The lowest BCUT2D eigenvalue weighted by Gasteiger charge is -2.16. The number of anilines is 1. The summed E-state index contributed by atoms with van der Waals surface area (Å²) in [4.78, 5) is 25.1. The van der Waals surface area contributed by atoms with Crippen molar-refractivity contribution in [1.29, 1.82) is 0 Å². The number of aryl methyl sites for hydroxylation is 1. The average molecular weight is 375 g/mol. The van der Waals surface area contributed by atoms with Gasteiger partial charge in [-0.2, -0.15) is 0 Å². The highest BCUT2D eigenvalue weighted by atomic mass is 32.2. The van der Waals surface area contributed by atoms with E-state index in [1.165, 1.54) is 26.4 Å². The number of nitrogens with one attached hydrogen (secondary N) is 1. The van der Waals surface area contributed by atoms with Gasteiger partial charge in [0.05, 0.1) is 34.1 Å². The molecule has 6 nitrogen and oxygen atoms in total. The predicted molar refractivity (Wildman–Crippen MR) is 100 cm³/mol. The Hall–Kier alpha value is -2.67. The summed E-state index contributed by atoms with van der Waals surface area (Å²) in [5, 5.41) is 2.70. The highest BCUT2D eigenvalue weighted by molar-refractivity contribution is 7.84. The second-order valence-electron chi connectivity index (χ2n) is 5.69. The molecule has 7 heteroatoms. The SMILES string of the molecule is COc1ccc(C)cc1NC(=O)[C@H](C)OC(=O)c1ccccc1[S@](C)=O. The van der Waals surface area contributed by atoms with Crippen molar-refractivity contribution in [1.82, 2.24) is 0 Å². The number of hydrogen-bond donors (Lipinski definition) is 1. The lowest BCUT2D eigenvalue weighted by atomic mass is 10.2. The van der Waals surface area contributed by atoms with Crippen LogP contribution in [0.4, 0.5) is 5.69 Å². The zero-order valence-electron chi connectivity index (χ0n) is 15.1. The molecule has 0 unspecified atom stereocenters. The van der Waals surface area contributed by atoms with Crippen molar-refractivity contribution in [3.05, 3.63) is 53.6 Å². The van der Waals surface area contributed by atoms with Crippen LogP contribution < -0.4 is 10.1 Å². The van der Waals surface area contributed by atoms with Crippen LogP contribution in [0.15, 0.2) is 47.4 Å². The molecule has 1 N–H and O–H groups in total. The van der Waals surface area contributed by atoms with E-state index in [-0.39, 0.29) is 5.56 Å². The van der Waals surface area contributed by atoms with Crippen LogP contribution in [0.3, 0.4) is 0 Å². The van der Waals surface area contributed by atoms with Gasteiger partial charge in [0.2, 0.25) is 0 Å². The molecular weight excluding hydrogens is 354 g/mol. The summed E-state index contributed by atoms with van der Waals surface area (Å²) in [6, 6.07) is 11.8. The molecule has 0 aromatic heterocycles. The van der Waals surface area contributed by atoms with E-state index >= 15 is 0 Å². The topological polar surface area (TPSA) is 81.7 Å². The van der Waals surface area contributed by atoms with Crippen LogP contribution in [0.1, 0.15) is 22.8 Å². The Balaban J connectivity index is 2.11. The van der Waals surface area contributed by atoms with Crippen LogP contribution in [-0.4, -0.2) is 35.6 Å². The molecule has 0 heterocycles. The minimum absolute atomic E-state index is 0.182. The zero-order valence-corrected chi connectivity index (χ0v) is 15.9. The number of amides is 1. The lowest BCUT2D eigenvalue weighted by Crippen LogP contribution is -2.30. The van der Waals surface area contributed by atoms with Crippen molar-refractivity contribution in [2.45, 2.75) is 24.8 Å². The van der Waals surface area contributed by atoms with E-state index in [9.17, 15) is 13.8 Å². The summed E-state index contributed by atoms with van der Waals surface area (Å²) in [6.07, 6.45) is 0.442. The van der Waals surface area contributed by atoms with Crippen molar-refractivity contribution in [3.63, 3.8) is 0 Å². The van der Waals surface area contributed by atoms with E-state index in [0.29, 0.717) is 16.3 Å². The molecule has 2 atom stereocenters. The van der Waals surface area contributed by atoms with Gasteiger partial charge in [0, 0.05) is 6.26 Å². The molecule has 0 saturated heterocycles. The summed E-state index contributed by atoms with van der Waals surface area (Å²) >= 11 is 0. The van der Waals surface area contributed by atoms with Crippen LogP contribution in [0, 0.1) is 6.92 Å². The fourth-order valence-corrected chi connectivity index (χ4v) is 3.05. The third-order valence-electron chi connectivity index (χ3n) is 3.68. The van der Waals surface area contributed by atoms with Gasteiger partial charge in [-0.3, -0.25) is 9.00 Å². The van der Waals surface area contributed by atoms with Crippen LogP contribution in [0.5, 0.6) is 5.75 Å². The molecule has 0 aliphatic heterocycles. The summed E-state index contributed by atoms with van der Waals surface area (Å²) < 4.78 is 22.2. The van der Waals surface area contributed by atoms with E-state index in [1.807, 2.05) is 13.0 Å². The number of methoxy groups -OCH3 is 1. The molecule has 0 aliphatic carbocycles. The van der Waals surface area contributed by atoms with Gasteiger partial charge in [-0.05, 0) is 43.7 Å². The Morgan fingerprint density at radius 3 is 2.50 bits per heavy atom. The first-order valence-electron chi connectivity index (χ1n) is 7.92. The molecule has 1 amide bonds. The summed E-state index contributed by atoms with van der Waals surface area (Å²) in [6.45, 7) is 3.36. The Morgan fingerprint density at radius 2 is 1.85 bits per heavy atom. The highest BCUT2D eigenvalue weighted by Gasteiger charge is 2.22. The second kappa shape index (κ2) is 8.62. The molecule has 0 bridgehead atoms. The third kappa shape index (κ3) is 4.70. The summed E-state index contributed by atoms with van der Waals surface area (Å²) in [7, 11) is 0.163. The van der Waals surface area contributed by atoms with E-state index < -0.39 is 28.8 Å². The maximum Gasteiger partial charge on any atom is 0.340 e. The van der Waals surface area contributed by atoms with E-state index in [0.717, 1.165) is 5.56 Å². The molecule has 0 spiro atoms. The number of carbonyl (C=O) groups is 2. The smallest absolute Gasteiger partial charge is 0.340 e. The normalized spacial score (nSPS) is 12.8. The van der Waals surface area contributed by atoms with Crippen molar-refractivity contribution < 1.29 is 23.3 Å². The monoisotopic (exact) mass is 375 g/mol. The number of benzene rings is 2. The Labute approximate surface area is 155 Å². The minimum Gasteiger partial charge on any atom is -0.495 e. The molecule has 0 fully saturated rings. The van der Waals surface area contributed by atoms with Crippen molar-refractivity contribution in [3.8, 4) is 5.75 Å². The van der Waals surface area contributed by atoms with Gasteiger partial charge in [-0.25, -0.2) is 4.79 Å². The van der Waals surface area contributed by atoms with E-state index in [2.05, 4.69) is 5.32 Å². The lowest BCUT2D eigenvalue weighted by molar-refractivity contribution is -0.123. The largest absolute Gasteiger partial charge is 0.495 e. The highest BCUT2D eigenvalue weighted by Crippen LogP contribution is 2.25. The molecule has 0 saturated carbocycles. The van der Waals surface area contributed by atoms with Gasteiger partial charge in [0.1, 0.15) is 5.75 Å². The second-order valence-corrected chi connectivity index (χ2v) is 7.04.